The Kier molecular flexibility index (Phi) is 6.55. The first-order valence-corrected chi connectivity index (χ1v) is 8.34. The molecular formula is C20H20N2O6. The Balaban J connectivity index is 2.34. The number of hydrogen-bond acceptors (Lipinski definition) is 8. The number of allylic oxidation sites excluding steroid dienone is 2. The van der Waals surface area contributed by atoms with E-state index < -0.39 is 23.8 Å². The smallest absolute Gasteiger partial charge is 0.336 e. The zero-order valence-corrected chi connectivity index (χ0v) is 16.0. The van der Waals surface area contributed by atoms with Crippen LogP contribution in [0, 0.1) is 17.2 Å². The van der Waals surface area contributed by atoms with Gasteiger partial charge in [0.05, 0.1) is 37.0 Å². The van der Waals surface area contributed by atoms with E-state index in [9.17, 15) is 14.4 Å². The molecule has 0 radical (unpaired) electrons. The number of rotatable bonds is 5. The van der Waals surface area contributed by atoms with Gasteiger partial charge in [0.15, 0.2) is 0 Å². The van der Waals surface area contributed by atoms with E-state index in [1.165, 1.54) is 14.2 Å². The molecule has 1 aromatic rings. The second-order valence-electron chi connectivity index (χ2n) is 6.03. The summed E-state index contributed by atoms with van der Waals surface area (Å²) in [5.74, 6) is -3.57. The Morgan fingerprint density at radius 1 is 1.00 bits per heavy atom. The number of hydrogen-bond donors (Lipinski definition) is 1. The molecule has 0 aromatic heterocycles. The SMILES string of the molecule is COC(=O)C1=C(C)NC(C)=C(C(=O)OC)C1C(=O)OCc1ccc(C#N)cc1. The Morgan fingerprint density at radius 2 is 1.50 bits per heavy atom. The van der Waals surface area contributed by atoms with Gasteiger partial charge in [-0.15, -0.1) is 0 Å². The van der Waals surface area contributed by atoms with E-state index in [0.717, 1.165) is 0 Å². The standard InChI is InChI=1S/C20H20N2O6/c1-11-15(18(23)26-3)17(16(12(2)22-11)19(24)27-4)20(25)28-10-14-7-5-13(9-21)6-8-14/h5-8,17,22H,10H2,1-4H3. The maximum Gasteiger partial charge on any atom is 0.336 e. The van der Waals surface area contributed by atoms with Gasteiger partial charge in [0, 0.05) is 11.4 Å². The molecule has 0 unspecified atom stereocenters. The van der Waals surface area contributed by atoms with E-state index >= 15 is 0 Å². The number of nitriles is 1. The maximum absolute atomic E-state index is 12.9. The van der Waals surface area contributed by atoms with Crippen LogP contribution >= 0.6 is 0 Å². The third-order valence-electron chi connectivity index (χ3n) is 4.27. The van der Waals surface area contributed by atoms with Crippen LogP contribution in [-0.2, 0) is 35.2 Å². The summed E-state index contributed by atoms with van der Waals surface area (Å²) in [6, 6.07) is 8.50. The monoisotopic (exact) mass is 384 g/mol. The van der Waals surface area contributed by atoms with Gasteiger partial charge in [-0.05, 0) is 31.5 Å². The molecule has 0 fully saturated rings. The number of nitrogens with zero attached hydrogens (tertiary/aromatic N) is 1. The zero-order valence-electron chi connectivity index (χ0n) is 16.0. The fourth-order valence-corrected chi connectivity index (χ4v) is 2.90. The van der Waals surface area contributed by atoms with Crippen LogP contribution in [0.2, 0.25) is 0 Å². The summed E-state index contributed by atoms with van der Waals surface area (Å²) in [6.07, 6.45) is 0. The summed E-state index contributed by atoms with van der Waals surface area (Å²) in [5, 5.41) is 11.7. The largest absolute Gasteiger partial charge is 0.466 e. The minimum Gasteiger partial charge on any atom is -0.466 e. The van der Waals surface area contributed by atoms with Crippen LogP contribution in [0.15, 0.2) is 46.8 Å². The molecular weight excluding hydrogens is 364 g/mol. The summed E-state index contributed by atoms with van der Waals surface area (Å²) in [4.78, 5) is 37.4. The molecule has 28 heavy (non-hydrogen) atoms. The van der Waals surface area contributed by atoms with Crippen LogP contribution in [0.25, 0.3) is 0 Å². The minimum atomic E-state index is -1.28. The number of methoxy groups -OCH3 is 2. The van der Waals surface area contributed by atoms with Gasteiger partial charge >= 0.3 is 17.9 Å². The number of esters is 3. The maximum atomic E-state index is 12.9. The number of nitrogens with one attached hydrogen (secondary N) is 1. The molecule has 8 heteroatoms. The fourth-order valence-electron chi connectivity index (χ4n) is 2.90. The van der Waals surface area contributed by atoms with Crippen molar-refractivity contribution in [1.82, 2.24) is 5.32 Å². The van der Waals surface area contributed by atoms with Crippen molar-refractivity contribution in [3.63, 3.8) is 0 Å². The number of benzene rings is 1. The Hall–Kier alpha value is -3.60. The molecule has 1 aromatic carbocycles. The van der Waals surface area contributed by atoms with Crippen LogP contribution in [0.5, 0.6) is 0 Å². The second-order valence-corrected chi connectivity index (χ2v) is 6.03. The van der Waals surface area contributed by atoms with Crippen LogP contribution in [0.1, 0.15) is 25.0 Å². The average molecular weight is 384 g/mol. The lowest BCUT2D eigenvalue weighted by Crippen LogP contribution is -2.37. The van der Waals surface area contributed by atoms with Crippen molar-refractivity contribution in [2.24, 2.45) is 5.92 Å². The predicted molar refractivity (Wildman–Crippen MR) is 97.0 cm³/mol. The van der Waals surface area contributed by atoms with E-state index in [0.29, 0.717) is 22.5 Å². The highest BCUT2D eigenvalue weighted by molar-refractivity contribution is 6.05. The molecule has 1 heterocycles. The molecule has 0 saturated carbocycles. The highest BCUT2D eigenvalue weighted by Crippen LogP contribution is 2.32. The van der Waals surface area contributed by atoms with Crippen LogP contribution in [-0.4, -0.2) is 32.1 Å². The quantitative estimate of drug-likeness (QED) is 0.603. The first-order chi connectivity index (χ1) is 13.3. The topological polar surface area (TPSA) is 115 Å². The number of carbonyl (C=O) groups excluding carboxylic acids is 3. The molecule has 0 saturated heterocycles. The van der Waals surface area contributed by atoms with E-state index in [1.54, 1.807) is 38.1 Å². The van der Waals surface area contributed by atoms with Gasteiger partial charge in [-0.25, -0.2) is 9.59 Å². The van der Waals surface area contributed by atoms with Gasteiger partial charge in [-0.3, -0.25) is 4.79 Å². The highest BCUT2D eigenvalue weighted by atomic mass is 16.5. The van der Waals surface area contributed by atoms with Crippen molar-refractivity contribution in [2.75, 3.05) is 14.2 Å². The van der Waals surface area contributed by atoms with Gasteiger partial charge in [-0.1, -0.05) is 12.1 Å². The number of dihydropyridines is 1. The van der Waals surface area contributed by atoms with Crippen molar-refractivity contribution >= 4 is 17.9 Å². The Bertz CT molecular complexity index is 868. The van der Waals surface area contributed by atoms with Gasteiger partial charge in [-0.2, -0.15) is 5.26 Å². The molecule has 0 amide bonds. The minimum absolute atomic E-state index is 0.0154. The third-order valence-corrected chi connectivity index (χ3v) is 4.27. The van der Waals surface area contributed by atoms with E-state index in [4.69, 9.17) is 19.5 Å². The summed E-state index contributed by atoms with van der Waals surface area (Å²) in [5.41, 5.74) is 1.87. The molecule has 1 N–H and O–H groups in total. The normalized spacial score (nSPS) is 14.1. The Labute approximate surface area is 162 Å². The fraction of sp³-hybridized carbons (Fsp3) is 0.300. The van der Waals surface area contributed by atoms with Crippen molar-refractivity contribution < 1.29 is 28.6 Å². The third kappa shape index (κ3) is 4.20. The van der Waals surface area contributed by atoms with Crippen LogP contribution in [0.4, 0.5) is 0 Å². The lowest BCUT2D eigenvalue weighted by molar-refractivity contribution is -0.152. The molecule has 0 bridgehead atoms. The lowest BCUT2D eigenvalue weighted by Gasteiger charge is -2.28. The van der Waals surface area contributed by atoms with Crippen molar-refractivity contribution in [3.8, 4) is 6.07 Å². The molecule has 0 spiro atoms. The molecule has 1 aliphatic heterocycles. The summed E-state index contributed by atoms with van der Waals surface area (Å²) >= 11 is 0. The summed E-state index contributed by atoms with van der Waals surface area (Å²) in [6.45, 7) is 3.12. The predicted octanol–water partition coefficient (Wildman–Crippen LogP) is 1.71. The lowest BCUT2D eigenvalue weighted by atomic mass is 9.85. The first kappa shape index (κ1) is 20.7. The van der Waals surface area contributed by atoms with Crippen molar-refractivity contribution in [2.45, 2.75) is 20.5 Å². The van der Waals surface area contributed by atoms with Crippen LogP contribution in [0.3, 0.4) is 0 Å². The zero-order chi connectivity index (χ0) is 20.8. The van der Waals surface area contributed by atoms with Gasteiger partial charge in [0.2, 0.25) is 0 Å². The first-order valence-electron chi connectivity index (χ1n) is 8.34. The molecule has 0 atom stereocenters. The summed E-state index contributed by atoms with van der Waals surface area (Å²) < 4.78 is 14.9. The summed E-state index contributed by atoms with van der Waals surface area (Å²) in [7, 11) is 2.37. The van der Waals surface area contributed by atoms with Crippen molar-refractivity contribution in [3.05, 3.63) is 57.9 Å². The van der Waals surface area contributed by atoms with Gasteiger partial charge in [0.1, 0.15) is 12.5 Å². The van der Waals surface area contributed by atoms with E-state index in [-0.39, 0.29) is 17.8 Å². The number of ether oxygens (including phenoxy) is 3. The second kappa shape index (κ2) is 8.86. The highest BCUT2D eigenvalue weighted by Gasteiger charge is 2.42. The van der Waals surface area contributed by atoms with Crippen LogP contribution < -0.4 is 5.32 Å². The van der Waals surface area contributed by atoms with Crippen molar-refractivity contribution in [1.29, 1.82) is 5.26 Å². The van der Waals surface area contributed by atoms with Gasteiger partial charge in [0.25, 0.3) is 0 Å². The van der Waals surface area contributed by atoms with E-state index in [2.05, 4.69) is 5.32 Å². The molecule has 2 rings (SSSR count). The molecule has 8 nitrogen and oxygen atoms in total. The molecule has 0 aliphatic carbocycles. The number of carbonyl (C=O) groups is 3. The molecule has 146 valence electrons. The average Bonchev–Trinajstić information content (AvgIpc) is 2.70. The van der Waals surface area contributed by atoms with E-state index in [1.807, 2.05) is 6.07 Å². The van der Waals surface area contributed by atoms with Gasteiger partial charge < -0.3 is 19.5 Å². The molecule has 1 aliphatic rings. The Morgan fingerprint density at radius 3 is 1.93 bits per heavy atom.